The summed E-state index contributed by atoms with van der Waals surface area (Å²) in [4.78, 5) is 21.1. The maximum absolute atomic E-state index is 13.2. The molecule has 2 aromatic carbocycles. The minimum atomic E-state index is -4.38. The van der Waals surface area contributed by atoms with E-state index in [1.807, 2.05) is 19.2 Å². The van der Waals surface area contributed by atoms with E-state index < -0.39 is 11.7 Å². The van der Waals surface area contributed by atoms with E-state index in [0.29, 0.717) is 29.8 Å². The standard InChI is InChI=1S/C35H40F3N7/c1-25-23-39-17-11-32(25)41-29-9-3-26(4-10-29)24-45(31-15-21-44(22-16-31)30-13-19-43(2)20-14-30)34-40-18-12-33(42-34)27-5-7-28(8-6-27)35(36,37)38/h3-12,17-18,23,30-31H,13-16,19-22,24H2,1-2H3,(H,39,41). The van der Waals surface area contributed by atoms with Crippen LogP contribution in [0.2, 0.25) is 0 Å². The molecule has 0 spiro atoms. The molecular formula is C35H40F3N7. The van der Waals surface area contributed by atoms with Crippen LogP contribution in [0, 0.1) is 6.92 Å². The normalized spacial score (nSPS) is 17.4. The molecule has 236 valence electrons. The SMILES string of the molecule is Cc1cnccc1Nc1ccc(CN(c2nccc(-c3ccc(C(F)(F)F)cc3)n2)C2CCN(C3CCN(C)CC3)CC2)cc1. The molecule has 10 heteroatoms. The Morgan fingerprint density at radius 3 is 2.24 bits per heavy atom. The lowest BCUT2D eigenvalue weighted by atomic mass is 9.97. The van der Waals surface area contributed by atoms with Gasteiger partial charge in [-0.25, -0.2) is 9.97 Å². The van der Waals surface area contributed by atoms with Crippen molar-refractivity contribution in [2.75, 3.05) is 43.4 Å². The van der Waals surface area contributed by atoms with Crippen molar-refractivity contribution in [1.29, 1.82) is 0 Å². The van der Waals surface area contributed by atoms with Crippen LogP contribution in [-0.2, 0) is 12.7 Å². The van der Waals surface area contributed by atoms with Crippen molar-refractivity contribution in [3.8, 4) is 11.3 Å². The van der Waals surface area contributed by atoms with Crippen molar-refractivity contribution in [3.05, 3.63) is 95.9 Å². The Bertz CT molecular complexity index is 1540. The zero-order valence-electron chi connectivity index (χ0n) is 25.8. The summed E-state index contributed by atoms with van der Waals surface area (Å²) in [6.45, 7) is 7.01. The summed E-state index contributed by atoms with van der Waals surface area (Å²) < 4.78 is 39.5. The number of nitrogens with one attached hydrogen (secondary N) is 1. The number of aromatic nitrogens is 3. The third-order valence-corrected chi connectivity index (χ3v) is 9.16. The summed E-state index contributed by atoms with van der Waals surface area (Å²) in [5.74, 6) is 0.597. The number of rotatable bonds is 8. The second-order valence-electron chi connectivity index (χ2n) is 12.3. The number of halogens is 3. The average molecular weight is 616 g/mol. The molecule has 6 rings (SSSR count). The highest BCUT2D eigenvalue weighted by atomic mass is 19.4. The van der Waals surface area contributed by atoms with E-state index in [0.717, 1.165) is 73.7 Å². The summed E-state index contributed by atoms with van der Waals surface area (Å²) in [5.41, 5.74) is 4.78. The minimum Gasteiger partial charge on any atom is -0.355 e. The number of hydrogen-bond donors (Lipinski definition) is 1. The van der Waals surface area contributed by atoms with Crippen LogP contribution in [0.15, 0.2) is 79.3 Å². The van der Waals surface area contributed by atoms with Crippen LogP contribution in [0.1, 0.15) is 42.4 Å². The maximum atomic E-state index is 13.2. The Morgan fingerprint density at radius 2 is 1.58 bits per heavy atom. The van der Waals surface area contributed by atoms with Gasteiger partial charge in [0.2, 0.25) is 5.95 Å². The molecule has 7 nitrogen and oxygen atoms in total. The second-order valence-corrected chi connectivity index (χ2v) is 12.3. The summed E-state index contributed by atoms with van der Waals surface area (Å²) in [6, 6.07) is 18.2. The van der Waals surface area contributed by atoms with Crippen LogP contribution < -0.4 is 10.2 Å². The van der Waals surface area contributed by atoms with Gasteiger partial charge in [-0.05, 0) is 100 Å². The number of likely N-dealkylation sites (tertiary alicyclic amines) is 2. The summed E-state index contributed by atoms with van der Waals surface area (Å²) in [7, 11) is 2.20. The Hall–Kier alpha value is -4.02. The topological polar surface area (TPSA) is 60.4 Å². The highest BCUT2D eigenvalue weighted by molar-refractivity contribution is 5.63. The van der Waals surface area contributed by atoms with Crippen molar-refractivity contribution in [2.24, 2.45) is 0 Å². The van der Waals surface area contributed by atoms with Crippen molar-refractivity contribution in [1.82, 2.24) is 24.8 Å². The van der Waals surface area contributed by atoms with Crippen LogP contribution >= 0.6 is 0 Å². The van der Waals surface area contributed by atoms with E-state index in [4.69, 9.17) is 9.97 Å². The molecular weight excluding hydrogens is 575 g/mol. The fraction of sp³-hybridized carbons (Fsp3) is 0.400. The van der Waals surface area contributed by atoms with Crippen LogP contribution in [0.25, 0.3) is 11.3 Å². The first kappa shape index (κ1) is 31.0. The molecule has 0 radical (unpaired) electrons. The molecule has 0 saturated carbocycles. The van der Waals surface area contributed by atoms with Gasteiger partial charge in [0.25, 0.3) is 0 Å². The summed E-state index contributed by atoms with van der Waals surface area (Å²) in [5, 5.41) is 3.47. The molecule has 2 fully saturated rings. The lowest BCUT2D eigenvalue weighted by molar-refractivity contribution is -0.137. The molecule has 2 aromatic heterocycles. The molecule has 4 heterocycles. The Morgan fingerprint density at radius 1 is 0.867 bits per heavy atom. The lowest BCUT2D eigenvalue weighted by Gasteiger charge is -2.43. The Balaban J connectivity index is 1.22. The fourth-order valence-corrected chi connectivity index (χ4v) is 6.42. The first-order valence-electron chi connectivity index (χ1n) is 15.7. The fourth-order valence-electron chi connectivity index (χ4n) is 6.42. The van der Waals surface area contributed by atoms with Gasteiger partial charge in [0.05, 0.1) is 11.3 Å². The molecule has 2 saturated heterocycles. The van der Waals surface area contributed by atoms with E-state index in [2.05, 4.69) is 56.3 Å². The number of anilines is 3. The Kier molecular flexibility index (Phi) is 9.32. The number of nitrogens with zero attached hydrogens (tertiary/aromatic N) is 6. The van der Waals surface area contributed by atoms with E-state index in [1.165, 1.54) is 25.0 Å². The highest BCUT2D eigenvalue weighted by Gasteiger charge is 2.32. The van der Waals surface area contributed by atoms with Crippen LogP contribution in [0.3, 0.4) is 0 Å². The second kappa shape index (κ2) is 13.5. The first-order chi connectivity index (χ1) is 21.7. The number of piperidine rings is 2. The summed E-state index contributed by atoms with van der Waals surface area (Å²) in [6.07, 6.45) is 5.37. The van der Waals surface area contributed by atoms with Crippen molar-refractivity contribution >= 4 is 17.3 Å². The van der Waals surface area contributed by atoms with E-state index >= 15 is 0 Å². The zero-order chi connectivity index (χ0) is 31.4. The van der Waals surface area contributed by atoms with Crippen molar-refractivity contribution in [3.63, 3.8) is 0 Å². The van der Waals surface area contributed by atoms with E-state index in [-0.39, 0.29) is 6.04 Å². The zero-order valence-corrected chi connectivity index (χ0v) is 25.8. The number of hydrogen-bond acceptors (Lipinski definition) is 7. The van der Waals surface area contributed by atoms with Gasteiger partial charge in [0.1, 0.15) is 0 Å². The van der Waals surface area contributed by atoms with Gasteiger partial charge in [-0.15, -0.1) is 0 Å². The predicted molar refractivity (Wildman–Crippen MR) is 172 cm³/mol. The Labute approximate surface area is 263 Å². The third-order valence-electron chi connectivity index (χ3n) is 9.16. The molecule has 1 N–H and O–H groups in total. The minimum absolute atomic E-state index is 0.243. The van der Waals surface area contributed by atoms with Crippen molar-refractivity contribution < 1.29 is 13.2 Å². The highest BCUT2D eigenvalue weighted by Crippen LogP contribution is 2.32. The van der Waals surface area contributed by atoms with Gasteiger partial charge >= 0.3 is 6.18 Å². The molecule has 2 aliphatic heterocycles. The van der Waals surface area contributed by atoms with Gasteiger partial charge in [-0.1, -0.05) is 24.3 Å². The van der Waals surface area contributed by atoms with Crippen LogP contribution in [0.5, 0.6) is 0 Å². The quantitative estimate of drug-likeness (QED) is 0.225. The molecule has 4 aromatic rings. The van der Waals surface area contributed by atoms with E-state index in [1.54, 1.807) is 18.5 Å². The average Bonchev–Trinajstić information content (AvgIpc) is 3.06. The van der Waals surface area contributed by atoms with Crippen LogP contribution in [-0.4, -0.2) is 70.1 Å². The molecule has 0 atom stereocenters. The van der Waals surface area contributed by atoms with Gasteiger partial charge in [-0.2, -0.15) is 13.2 Å². The lowest BCUT2D eigenvalue weighted by Crippen LogP contribution is -2.51. The molecule has 0 unspecified atom stereocenters. The first-order valence-corrected chi connectivity index (χ1v) is 15.7. The molecule has 0 amide bonds. The third kappa shape index (κ3) is 7.62. The number of benzene rings is 2. The van der Waals surface area contributed by atoms with Gasteiger partial charge < -0.3 is 20.0 Å². The monoisotopic (exact) mass is 615 g/mol. The van der Waals surface area contributed by atoms with E-state index in [9.17, 15) is 13.2 Å². The van der Waals surface area contributed by atoms with Crippen LogP contribution in [0.4, 0.5) is 30.5 Å². The van der Waals surface area contributed by atoms with Gasteiger partial charge in [0.15, 0.2) is 0 Å². The molecule has 45 heavy (non-hydrogen) atoms. The molecule has 0 bridgehead atoms. The van der Waals surface area contributed by atoms with Crippen molar-refractivity contribution in [2.45, 2.75) is 57.4 Å². The number of aryl methyl sites for hydroxylation is 1. The maximum Gasteiger partial charge on any atom is 0.416 e. The molecule has 0 aliphatic carbocycles. The summed E-state index contributed by atoms with van der Waals surface area (Å²) >= 11 is 0. The number of alkyl halides is 3. The predicted octanol–water partition coefficient (Wildman–Crippen LogP) is 7.17. The van der Waals surface area contributed by atoms with Gasteiger partial charge in [0, 0.05) is 67.2 Å². The largest absolute Gasteiger partial charge is 0.416 e. The number of pyridine rings is 1. The smallest absolute Gasteiger partial charge is 0.355 e. The van der Waals surface area contributed by atoms with Gasteiger partial charge in [-0.3, -0.25) is 4.98 Å². The molecule has 2 aliphatic rings.